The Morgan fingerprint density at radius 1 is 1.21 bits per heavy atom. The number of rotatable bonds is 3. The van der Waals surface area contributed by atoms with Gasteiger partial charge in [0.05, 0.1) is 6.20 Å². The van der Waals surface area contributed by atoms with Gasteiger partial charge in [0.2, 0.25) is 0 Å². The lowest BCUT2D eigenvalue weighted by Crippen LogP contribution is -2.35. The van der Waals surface area contributed by atoms with E-state index >= 15 is 0 Å². The van der Waals surface area contributed by atoms with Crippen molar-refractivity contribution >= 4 is 0 Å². The third-order valence-corrected chi connectivity index (χ3v) is 3.08. The predicted octanol–water partition coefficient (Wildman–Crippen LogP) is 3.85. The van der Waals surface area contributed by atoms with Gasteiger partial charge in [0.15, 0.2) is 5.76 Å². The van der Waals surface area contributed by atoms with Gasteiger partial charge in [-0.2, -0.15) is 0 Å². The molecule has 0 radical (unpaired) electrons. The van der Waals surface area contributed by atoms with Crippen molar-refractivity contribution in [1.29, 1.82) is 0 Å². The largest absolute Gasteiger partial charge is 0.356 e. The molecule has 2 aromatic rings. The molecule has 0 aliphatic heterocycles. The standard InChI is InChI=1S/C16H22N2O/c1-11-6-7-14(12(2)8-11)15-13(10-18-19-15)9-17-16(3,4)5/h6-8,10,17H,9H2,1-5H3. The van der Waals surface area contributed by atoms with Crippen molar-refractivity contribution in [3.8, 4) is 11.3 Å². The van der Waals surface area contributed by atoms with E-state index in [0.29, 0.717) is 0 Å². The van der Waals surface area contributed by atoms with Crippen molar-refractivity contribution in [2.75, 3.05) is 0 Å². The Morgan fingerprint density at radius 2 is 1.95 bits per heavy atom. The maximum Gasteiger partial charge on any atom is 0.171 e. The molecule has 0 fully saturated rings. The monoisotopic (exact) mass is 258 g/mol. The molecule has 1 N–H and O–H groups in total. The van der Waals surface area contributed by atoms with Crippen LogP contribution in [0.1, 0.15) is 37.5 Å². The number of benzene rings is 1. The SMILES string of the molecule is Cc1ccc(-c2oncc2CNC(C)(C)C)c(C)c1. The van der Waals surface area contributed by atoms with Gasteiger partial charge in [0.1, 0.15) is 0 Å². The topological polar surface area (TPSA) is 38.1 Å². The first kappa shape index (κ1) is 13.8. The van der Waals surface area contributed by atoms with E-state index in [2.05, 4.69) is 63.3 Å². The van der Waals surface area contributed by atoms with Crippen LogP contribution in [0.2, 0.25) is 0 Å². The van der Waals surface area contributed by atoms with Crippen LogP contribution >= 0.6 is 0 Å². The van der Waals surface area contributed by atoms with E-state index < -0.39 is 0 Å². The van der Waals surface area contributed by atoms with Gasteiger partial charge in [0, 0.05) is 23.2 Å². The smallest absolute Gasteiger partial charge is 0.171 e. The Kier molecular flexibility index (Phi) is 3.76. The van der Waals surface area contributed by atoms with Crippen LogP contribution in [0, 0.1) is 13.8 Å². The average Bonchev–Trinajstić information content (AvgIpc) is 2.73. The third kappa shape index (κ3) is 3.44. The summed E-state index contributed by atoms with van der Waals surface area (Å²) in [5.41, 5.74) is 4.77. The second-order valence-corrected chi connectivity index (χ2v) is 6.10. The van der Waals surface area contributed by atoms with E-state index in [0.717, 1.165) is 23.4 Å². The first-order valence-electron chi connectivity index (χ1n) is 6.63. The van der Waals surface area contributed by atoms with Crippen molar-refractivity contribution < 1.29 is 4.52 Å². The van der Waals surface area contributed by atoms with Crippen LogP contribution in [-0.2, 0) is 6.54 Å². The van der Waals surface area contributed by atoms with E-state index in [1.807, 2.05) is 0 Å². The number of nitrogens with one attached hydrogen (secondary N) is 1. The lowest BCUT2D eigenvalue weighted by molar-refractivity contribution is 0.418. The zero-order valence-electron chi connectivity index (χ0n) is 12.4. The van der Waals surface area contributed by atoms with Gasteiger partial charge in [-0.05, 0) is 40.2 Å². The van der Waals surface area contributed by atoms with Crippen molar-refractivity contribution in [3.05, 3.63) is 41.1 Å². The molecule has 1 aromatic heterocycles. The molecule has 19 heavy (non-hydrogen) atoms. The molecule has 0 saturated heterocycles. The molecular formula is C16H22N2O. The van der Waals surface area contributed by atoms with Crippen LogP contribution in [-0.4, -0.2) is 10.7 Å². The third-order valence-electron chi connectivity index (χ3n) is 3.08. The van der Waals surface area contributed by atoms with Crippen molar-refractivity contribution in [3.63, 3.8) is 0 Å². The Labute approximate surface area is 115 Å². The first-order chi connectivity index (χ1) is 8.87. The predicted molar refractivity (Wildman–Crippen MR) is 78.0 cm³/mol. The highest BCUT2D eigenvalue weighted by molar-refractivity contribution is 5.65. The van der Waals surface area contributed by atoms with Crippen LogP contribution in [0.3, 0.4) is 0 Å². The summed E-state index contributed by atoms with van der Waals surface area (Å²) >= 11 is 0. The summed E-state index contributed by atoms with van der Waals surface area (Å²) in [4.78, 5) is 0. The second kappa shape index (κ2) is 5.17. The zero-order chi connectivity index (χ0) is 14.0. The number of nitrogens with zero attached hydrogens (tertiary/aromatic N) is 1. The molecule has 0 aliphatic rings. The number of hydrogen-bond acceptors (Lipinski definition) is 3. The Bertz CT molecular complexity index is 564. The quantitative estimate of drug-likeness (QED) is 0.908. The van der Waals surface area contributed by atoms with Gasteiger partial charge in [-0.1, -0.05) is 28.9 Å². The molecule has 0 aliphatic carbocycles. The molecule has 1 aromatic carbocycles. The van der Waals surface area contributed by atoms with E-state index in [4.69, 9.17) is 4.52 Å². The summed E-state index contributed by atoms with van der Waals surface area (Å²) in [6.45, 7) is 11.4. The van der Waals surface area contributed by atoms with E-state index in [-0.39, 0.29) is 5.54 Å². The number of aryl methyl sites for hydroxylation is 2. The van der Waals surface area contributed by atoms with Gasteiger partial charge in [-0.3, -0.25) is 0 Å². The average molecular weight is 258 g/mol. The van der Waals surface area contributed by atoms with Crippen molar-refractivity contribution in [2.24, 2.45) is 0 Å². The molecule has 0 saturated carbocycles. The van der Waals surface area contributed by atoms with Crippen LogP contribution in [0.15, 0.2) is 28.9 Å². The molecule has 1 heterocycles. The maximum atomic E-state index is 5.45. The fourth-order valence-electron chi connectivity index (χ4n) is 2.04. The molecule has 0 amide bonds. The molecule has 0 spiro atoms. The van der Waals surface area contributed by atoms with Gasteiger partial charge in [0.25, 0.3) is 0 Å². The summed E-state index contributed by atoms with van der Waals surface area (Å²) < 4.78 is 5.45. The highest BCUT2D eigenvalue weighted by Gasteiger charge is 2.15. The molecule has 2 rings (SSSR count). The summed E-state index contributed by atoms with van der Waals surface area (Å²) in [5.74, 6) is 0.870. The summed E-state index contributed by atoms with van der Waals surface area (Å²) in [6, 6.07) is 6.37. The molecule has 0 atom stereocenters. The van der Waals surface area contributed by atoms with Crippen LogP contribution < -0.4 is 5.32 Å². The van der Waals surface area contributed by atoms with Crippen LogP contribution in [0.5, 0.6) is 0 Å². The van der Waals surface area contributed by atoms with Gasteiger partial charge in [-0.25, -0.2) is 0 Å². The van der Waals surface area contributed by atoms with Gasteiger partial charge >= 0.3 is 0 Å². The number of hydrogen-bond donors (Lipinski definition) is 1. The molecule has 3 nitrogen and oxygen atoms in total. The maximum absolute atomic E-state index is 5.45. The minimum atomic E-state index is 0.0802. The minimum absolute atomic E-state index is 0.0802. The summed E-state index contributed by atoms with van der Waals surface area (Å²) in [5, 5.41) is 7.41. The molecule has 3 heteroatoms. The highest BCUT2D eigenvalue weighted by Crippen LogP contribution is 2.27. The zero-order valence-corrected chi connectivity index (χ0v) is 12.4. The lowest BCUT2D eigenvalue weighted by atomic mass is 10.0. The summed E-state index contributed by atoms with van der Waals surface area (Å²) in [6.07, 6.45) is 1.80. The Hall–Kier alpha value is -1.61. The molecule has 0 bridgehead atoms. The van der Waals surface area contributed by atoms with Crippen LogP contribution in [0.4, 0.5) is 0 Å². The first-order valence-corrected chi connectivity index (χ1v) is 6.63. The lowest BCUT2D eigenvalue weighted by Gasteiger charge is -2.20. The van der Waals surface area contributed by atoms with E-state index in [1.54, 1.807) is 6.20 Å². The molecular weight excluding hydrogens is 236 g/mol. The second-order valence-electron chi connectivity index (χ2n) is 6.10. The van der Waals surface area contributed by atoms with Crippen LogP contribution in [0.25, 0.3) is 11.3 Å². The fourth-order valence-corrected chi connectivity index (χ4v) is 2.04. The van der Waals surface area contributed by atoms with E-state index in [9.17, 15) is 0 Å². The van der Waals surface area contributed by atoms with Crippen molar-refractivity contribution in [2.45, 2.75) is 46.7 Å². The molecule has 0 unspecified atom stereocenters. The minimum Gasteiger partial charge on any atom is -0.356 e. The fraction of sp³-hybridized carbons (Fsp3) is 0.438. The van der Waals surface area contributed by atoms with Gasteiger partial charge in [-0.15, -0.1) is 0 Å². The van der Waals surface area contributed by atoms with Gasteiger partial charge < -0.3 is 9.84 Å². The normalized spacial score (nSPS) is 11.8. The number of aromatic nitrogens is 1. The Morgan fingerprint density at radius 3 is 2.58 bits per heavy atom. The van der Waals surface area contributed by atoms with E-state index in [1.165, 1.54) is 11.1 Å². The Balaban J connectivity index is 2.28. The molecule has 102 valence electrons. The van der Waals surface area contributed by atoms with Crippen molar-refractivity contribution in [1.82, 2.24) is 10.5 Å². The highest BCUT2D eigenvalue weighted by atomic mass is 16.5. The summed E-state index contributed by atoms with van der Waals surface area (Å²) in [7, 11) is 0.